The molecule has 3 nitrogen and oxygen atoms in total. The first-order chi connectivity index (χ1) is 8.30. The van der Waals surface area contributed by atoms with Gasteiger partial charge in [0.1, 0.15) is 5.75 Å². The number of para-hydroxylation sites is 1. The lowest BCUT2D eigenvalue weighted by Crippen LogP contribution is -2.27. The van der Waals surface area contributed by atoms with Crippen LogP contribution in [0.25, 0.3) is 0 Å². The molecule has 2 N–H and O–H groups in total. The number of aliphatic hydroxyl groups is 1. The smallest absolute Gasteiger partial charge is 0.128 e. The molecule has 1 fully saturated rings. The minimum atomic E-state index is -0.709. The van der Waals surface area contributed by atoms with Crippen molar-refractivity contribution < 1.29 is 9.84 Å². The van der Waals surface area contributed by atoms with Crippen molar-refractivity contribution in [3.05, 3.63) is 29.3 Å². The average Bonchev–Trinajstić information content (AvgIpc) is 2.71. The van der Waals surface area contributed by atoms with E-state index in [1.54, 1.807) is 0 Å². The highest BCUT2D eigenvalue weighted by atomic mass is 16.5. The van der Waals surface area contributed by atoms with Crippen LogP contribution in [-0.4, -0.2) is 24.8 Å². The Balaban J connectivity index is 1.99. The van der Waals surface area contributed by atoms with Crippen molar-refractivity contribution in [2.45, 2.75) is 31.3 Å². The second kappa shape index (κ2) is 4.31. The van der Waals surface area contributed by atoms with Gasteiger partial charge in [0.25, 0.3) is 0 Å². The van der Waals surface area contributed by atoms with Crippen LogP contribution in [0.4, 0.5) is 0 Å². The summed E-state index contributed by atoms with van der Waals surface area (Å²) >= 11 is 0. The van der Waals surface area contributed by atoms with Crippen molar-refractivity contribution in [1.82, 2.24) is 5.32 Å². The Kier molecular flexibility index (Phi) is 2.81. The molecule has 0 spiro atoms. The van der Waals surface area contributed by atoms with Gasteiger partial charge in [0.15, 0.2) is 0 Å². The van der Waals surface area contributed by atoms with Gasteiger partial charge in [-0.1, -0.05) is 18.2 Å². The summed E-state index contributed by atoms with van der Waals surface area (Å²) in [5.41, 5.74) is 1.53. The number of hydrogen-bond donors (Lipinski definition) is 2. The number of benzene rings is 1. The van der Waals surface area contributed by atoms with Crippen LogP contribution >= 0.6 is 0 Å². The molecule has 0 aliphatic carbocycles. The van der Waals surface area contributed by atoms with Crippen LogP contribution in [0.1, 0.15) is 30.4 Å². The monoisotopic (exact) mass is 233 g/mol. The molecule has 0 amide bonds. The lowest BCUT2D eigenvalue weighted by Gasteiger charge is -2.28. The summed E-state index contributed by atoms with van der Waals surface area (Å²) in [6.45, 7) is 2.62. The third-order valence-electron chi connectivity index (χ3n) is 3.87. The Morgan fingerprint density at radius 2 is 2.18 bits per heavy atom. The van der Waals surface area contributed by atoms with E-state index < -0.39 is 5.60 Å². The first-order valence-corrected chi connectivity index (χ1v) is 6.48. The molecular formula is C14H19NO2. The van der Waals surface area contributed by atoms with Crippen LogP contribution in [-0.2, 0) is 12.0 Å². The Morgan fingerprint density at radius 3 is 3.12 bits per heavy atom. The molecule has 3 heteroatoms. The first kappa shape index (κ1) is 11.1. The molecule has 1 aromatic carbocycles. The Hall–Kier alpha value is -1.06. The summed E-state index contributed by atoms with van der Waals surface area (Å²) < 4.78 is 5.71. The van der Waals surface area contributed by atoms with E-state index in [0.717, 1.165) is 56.7 Å². The second-order valence-electron chi connectivity index (χ2n) is 5.03. The highest BCUT2D eigenvalue weighted by Crippen LogP contribution is 2.40. The molecule has 2 heterocycles. The van der Waals surface area contributed by atoms with E-state index >= 15 is 0 Å². The summed E-state index contributed by atoms with van der Waals surface area (Å²) in [4.78, 5) is 0. The average molecular weight is 233 g/mol. The van der Waals surface area contributed by atoms with Gasteiger partial charge in [-0.25, -0.2) is 0 Å². The normalized spacial score (nSPS) is 28.3. The van der Waals surface area contributed by atoms with Crippen molar-refractivity contribution in [2.75, 3.05) is 19.7 Å². The van der Waals surface area contributed by atoms with Crippen LogP contribution in [0.15, 0.2) is 18.2 Å². The lowest BCUT2D eigenvalue weighted by molar-refractivity contribution is 0.0217. The van der Waals surface area contributed by atoms with Gasteiger partial charge in [0, 0.05) is 12.0 Å². The molecule has 0 saturated carbocycles. The number of fused-ring (bicyclic) bond motifs is 1. The van der Waals surface area contributed by atoms with Gasteiger partial charge in [-0.15, -0.1) is 0 Å². The zero-order chi connectivity index (χ0) is 11.7. The topological polar surface area (TPSA) is 41.5 Å². The molecule has 2 aliphatic rings. The molecule has 92 valence electrons. The number of nitrogens with one attached hydrogen (secondary N) is 1. The fourth-order valence-corrected chi connectivity index (χ4v) is 2.90. The van der Waals surface area contributed by atoms with Gasteiger partial charge >= 0.3 is 0 Å². The summed E-state index contributed by atoms with van der Waals surface area (Å²) in [6.07, 6.45) is 3.57. The Bertz CT molecular complexity index is 409. The van der Waals surface area contributed by atoms with E-state index in [1.165, 1.54) is 5.56 Å². The molecule has 3 rings (SSSR count). The first-order valence-electron chi connectivity index (χ1n) is 6.48. The molecule has 1 saturated heterocycles. The third-order valence-corrected chi connectivity index (χ3v) is 3.87. The van der Waals surface area contributed by atoms with Crippen molar-refractivity contribution >= 4 is 0 Å². The molecule has 0 bridgehead atoms. The number of ether oxygens (including phenoxy) is 1. The van der Waals surface area contributed by atoms with E-state index in [9.17, 15) is 5.11 Å². The minimum absolute atomic E-state index is 0.709. The predicted molar refractivity (Wildman–Crippen MR) is 66.3 cm³/mol. The van der Waals surface area contributed by atoms with Crippen LogP contribution < -0.4 is 10.1 Å². The molecule has 0 aromatic heterocycles. The van der Waals surface area contributed by atoms with Gasteiger partial charge in [0.05, 0.1) is 12.2 Å². The molecule has 1 unspecified atom stereocenters. The largest absolute Gasteiger partial charge is 0.493 e. The van der Waals surface area contributed by atoms with E-state index in [-0.39, 0.29) is 0 Å². The van der Waals surface area contributed by atoms with Gasteiger partial charge in [-0.2, -0.15) is 0 Å². The van der Waals surface area contributed by atoms with E-state index in [1.807, 2.05) is 12.1 Å². The highest BCUT2D eigenvalue weighted by Gasteiger charge is 2.34. The van der Waals surface area contributed by atoms with Crippen LogP contribution in [0, 0.1) is 0 Å². The summed E-state index contributed by atoms with van der Waals surface area (Å²) in [5, 5.41) is 14.2. The quantitative estimate of drug-likeness (QED) is 0.774. The standard InChI is InChI=1S/C14H19NO2/c16-14(6-2-8-15-9-7-14)12-4-1-3-11-5-10-17-13(11)12/h1,3-4,15-16H,2,5-10H2. The maximum absolute atomic E-state index is 10.9. The van der Waals surface area contributed by atoms with Crippen molar-refractivity contribution in [3.63, 3.8) is 0 Å². The number of rotatable bonds is 1. The van der Waals surface area contributed by atoms with Crippen molar-refractivity contribution in [2.24, 2.45) is 0 Å². The van der Waals surface area contributed by atoms with Gasteiger partial charge in [-0.05, 0) is 37.9 Å². The minimum Gasteiger partial charge on any atom is -0.493 e. The molecular weight excluding hydrogens is 214 g/mol. The maximum Gasteiger partial charge on any atom is 0.128 e. The van der Waals surface area contributed by atoms with Gasteiger partial charge in [0.2, 0.25) is 0 Å². The maximum atomic E-state index is 10.9. The van der Waals surface area contributed by atoms with E-state index in [2.05, 4.69) is 11.4 Å². The third kappa shape index (κ3) is 1.94. The van der Waals surface area contributed by atoms with Gasteiger partial charge < -0.3 is 15.2 Å². The van der Waals surface area contributed by atoms with Crippen molar-refractivity contribution in [3.8, 4) is 5.75 Å². The molecule has 17 heavy (non-hydrogen) atoms. The second-order valence-corrected chi connectivity index (χ2v) is 5.03. The molecule has 1 aromatic rings. The van der Waals surface area contributed by atoms with E-state index in [0.29, 0.717) is 0 Å². The van der Waals surface area contributed by atoms with Crippen LogP contribution in [0.3, 0.4) is 0 Å². The van der Waals surface area contributed by atoms with Crippen molar-refractivity contribution in [1.29, 1.82) is 0 Å². The zero-order valence-electron chi connectivity index (χ0n) is 10.0. The predicted octanol–water partition coefficient (Wildman–Crippen LogP) is 1.58. The lowest BCUT2D eigenvalue weighted by atomic mass is 9.85. The zero-order valence-corrected chi connectivity index (χ0v) is 10.0. The van der Waals surface area contributed by atoms with E-state index in [4.69, 9.17) is 4.74 Å². The Morgan fingerprint density at radius 1 is 1.24 bits per heavy atom. The fourth-order valence-electron chi connectivity index (χ4n) is 2.90. The molecule has 2 aliphatic heterocycles. The Labute approximate surface area is 102 Å². The van der Waals surface area contributed by atoms with Gasteiger partial charge in [-0.3, -0.25) is 0 Å². The summed E-state index contributed by atoms with van der Waals surface area (Å²) in [5.74, 6) is 0.942. The summed E-state index contributed by atoms with van der Waals surface area (Å²) in [6, 6.07) is 6.17. The SMILES string of the molecule is OC1(c2cccc3c2OCC3)CCCNCC1. The van der Waals surface area contributed by atoms with Crippen LogP contribution in [0.2, 0.25) is 0 Å². The van der Waals surface area contributed by atoms with Crippen LogP contribution in [0.5, 0.6) is 5.75 Å². The molecule has 1 atom stereocenters. The molecule has 0 radical (unpaired) electrons. The number of hydrogen-bond acceptors (Lipinski definition) is 3. The summed E-state index contributed by atoms with van der Waals surface area (Å²) in [7, 11) is 0. The highest BCUT2D eigenvalue weighted by molar-refractivity contribution is 5.47. The fraction of sp³-hybridized carbons (Fsp3) is 0.571.